The molecule has 7 heterocycles. The van der Waals surface area contributed by atoms with E-state index in [1.165, 1.54) is 0 Å². The van der Waals surface area contributed by atoms with E-state index in [2.05, 4.69) is 65.5 Å². The number of aliphatic imine (C=N–C) groups is 1. The van der Waals surface area contributed by atoms with Crippen molar-refractivity contribution in [2.75, 3.05) is 0 Å². The maximum atomic E-state index is 14.5. The van der Waals surface area contributed by atoms with Crippen molar-refractivity contribution < 1.29 is 37.8 Å². The van der Waals surface area contributed by atoms with Crippen molar-refractivity contribution in [2.45, 2.75) is 36.4 Å². The molecular formula is C33H27F3IN8+. The summed E-state index contributed by atoms with van der Waals surface area (Å²) in [6, 6.07) is 16.7. The fourth-order valence-corrected chi connectivity index (χ4v) is 20.8. The number of amidine groups is 1. The molecule has 0 aliphatic carbocycles. The van der Waals surface area contributed by atoms with Gasteiger partial charge in [0.2, 0.25) is 0 Å². The number of hydrogen-bond donors (Lipinski definition) is 0. The van der Waals surface area contributed by atoms with Crippen molar-refractivity contribution in [3.05, 3.63) is 100 Å². The normalized spacial score (nSPS) is 22.5. The number of aromatic nitrogens is 4. The minimum atomic E-state index is -4.72. The third-order valence-electron chi connectivity index (χ3n) is 9.46. The van der Waals surface area contributed by atoms with E-state index < -0.39 is 34.5 Å². The van der Waals surface area contributed by atoms with Gasteiger partial charge in [-0.3, -0.25) is 0 Å². The third kappa shape index (κ3) is 3.08. The topological polar surface area (TPSA) is 65.6 Å². The summed E-state index contributed by atoms with van der Waals surface area (Å²) in [5, 5.41) is 6.68. The Bertz CT molecular complexity index is 2330. The standard InChI is InChI=1S/C33H27F3IN8/c1-4-32(5-2)37(45-30(27-12-8-9-17-43(27)32)40-31(41-45)33(34,35)36)23-19-28-21(20-10-6-7-11-25(20)42(28)3)18-22(23)26-14-13-24-29(44(26)37)39-16-15-38-24/h6-19H,4-5H2,1-3H3/q+1. The zero-order valence-corrected chi connectivity index (χ0v) is 26.7. The van der Waals surface area contributed by atoms with Crippen LogP contribution >= 0.6 is 0 Å². The van der Waals surface area contributed by atoms with Crippen molar-refractivity contribution >= 4 is 38.8 Å². The SMILES string of the molecule is CCC1(CC)N2C=CC=CC2=C2N=C(C(F)(F)F)N=[N+]2[I-]12c1cc3c(cc1-c1ccc4nccnc4[n+]12)c1ccccc1n3C. The van der Waals surface area contributed by atoms with Crippen molar-refractivity contribution in [1.82, 2.24) is 19.4 Å². The van der Waals surface area contributed by atoms with Crippen LogP contribution in [-0.4, -0.2) is 37.9 Å². The first-order chi connectivity index (χ1) is 21.8. The van der Waals surface area contributed by atoms with E-state index in [1.807, 2.05) is 55.7 Å². The summed E-state index contributed by atoms with van der Waals surface area (Å²) in [4.78, 5) is 16.0. The van der Waals surface area contributed by atoms with Gasteiger partial charge in [0.05, 0.1) is 0 Å². The maximum absolute atomic E-state index is 14.5. The van der Waals surface area contributed by atoms with E-state index in [-0.39, 0.29) is 5.82 Å². The first kappa shape index (κ1) is 26.9. The van der Waals surface area contributed by atoms with E-state index >= 15 is 0 Å². The Balaban J connectivity index is 1.54. The molecule has 2 aromatic carbocycles. The Labute approximate surface area is 260 Å². The van der Waals surface area contributed by atoms with Gasteiger partial charge in [0.1, 0.15) is 0 Å². The fraction of sp³-hybridized carbons (Fsp3) is 0.212. The van der Waals surface area contributed by atoms with Crippen molar-refractivity contribution in [3.8, 4) is 11.3 Å². The molecule has 0 saturated heterocycles. The van der Waals surface area contributed by atoms with Crippen LogP contribution in [0.5, 0.6) is 0 Å². The van der Waals surface area contributed by atoms with Crippen LogP contribution in [0.1, 0.15) is 26.7 Å². The Morgan fingerprint density at radius 2 is 1.73 bits per heavy atom. The molecule has 0 bridgehead atoms. The number of fused-ring (bicyclic) bond motifs is 13. The van der Waals surface area contributed by atoms with Crippen LogP contribution in [0.15, 0.2) is 107 Å². The van der Waals surface area contributed by atoms with Crippen molar-refractivity contribution in [2.24, 2.45) is 17.2 Å². The number of nitrogens with zero attached hydrogens (tertiary/aromatic N) is 8. The molecule has 4 aliphatic heterocycles. The van der Waals surface area contributed by atoms with Crippen molar-refractivity contribution in [1.29, 1.82) is 0 Å². The third-order valence-corrected chi connectivity index (χ3v) is 21.2. The van der Waals surface area contributed by atoms with Crippen LogP contribution in [0.4, 0.5) is 13.2 Å². The van der Waals surface area contributed by atoms with E-state index in [4.69, 9.17) is 4.98 Å². The zero-order valence-electron chi connectivity index (χ0n) is 24.6. The summed E-state index contributed by atoms with van der Waals surface area (Å²) in [6.45, 7) is 4.27. The van der Waals surface area contributed by atoms with Gasteiger partial charge in [-0.25, -0.2) is 0 Å². The summed E-state index contributed by atoms with van der Waals surface area (Å²) in [7, 11) is 2.05. The molecule has 1 spiro atoms. The monoisotopic (exact) mass is 719 g/mol. The number of halogens is 4. The van der Waals surface area contributed by atoms with Gasteiger partial charge in [0.25, 0.3) is 0 Å². The average Bonchev–Trinajstić information content (AvgIpc) is 3.72. The molecule has 9 rings (SSSR count). The zero-order chi connectivity index (χ0) is 30.9. The predicted molar refractivity (Wildman–Crippen MR) is 160 cm³/mol. The number of benzene rings is 2. The van der Waals surface area contributed by atoms with Gasteiger partial charge >= 0.3 is 261 Å². The fourth-order valence-electron chi connectivity index (χ4n) is 7.53. The molecule has 8 nitrogen and oxygen atoms in total. The Kier molecular flexibility index (Phi) is 5.28. The van der Waals surface area contributed by atoms with Crippen LogP contribution in [0.25, 0.3) is 44.2 Å². The van der Waals surface area contributed by atoms with E-state index in [0.717, 1.165) is 36.6 Å². The Morgan fingerprint density at radius 1 is 0.933 bits per heavy atom. The molecule has 0 amide bonds. The molecule has 1 atom stereocenters. The second-order valence-electron chi connectivity index (χ2n) is 11.4. The molecule has 0 fully saturated rings. The second-order valence-corrected chi connectivity index (χ2v) is 19.3. The predicted octanol–water partition coefficient (Wildman–Crippen LogP) is 3.77. The minimum absolute atomic E-state index is 0.223. The van der Waals surface area contributed by atoms with Gasteiger partial charge in [-0.1, -0.05) is 0 Å². The van der Waals surface area contributed by atoms with Gasteiger partial charge in [0.15, 0.2) is 0 Å². The van der Waals surface area contributed by atoms with Gasteiger partial charge in [-0.15, -0.1) is 0 Å². The first-order valence-corrected chi connectivity index (χ1v) is 18.9. The molecule has 12 heteroatoms. The number of hydrogen-bond acceptors (Lipinski definition) is 5. The quantitative estimate of drug-likeness (QED) is 0.121. The molecule has 226 valence electrons. The number of aryl methyl sites for hydroxylation is 1. The number of azo groups is 1. The van der Waals surface area contributed by atoms with Gasteiger partial charge < -0.3 is 0 Å². The van der Waals surface area contributed by atoms with E-state index in [9.17, 15) is 13.2 Å². The first-order valence-electron chi connectivity index (χ1n) is 14.8. The number of rotatable bonds is 2. The van der Waals surface area contributed by atoms with Crippen LogP contribution in [-0.2, 0) is 7.05 Å². The molecule has 0 N–H and O–H groups in total. The number of alkyl halides is 4. The van der Waals surface area contributed by atoms with Gasteiger partial charge in [-0.05, 0) is 0 Å². The summed E-state index contributed by atoms with van der Waals surface area (Å²) < 4.78 is 50.2. The molecule has 45 heavy (non-hydrogen) atoms. The molecular weight excluding hydrogens is 692 g/mol. The summed E-state index contributed by atoms with van der Waals surface area (Å²) in [5.41, 5.74) is 5.94. The molecule has 1 unspecified atom stereocenters. The van der Waals surface area contributed by atoms with E-state index in [1.54, 1.807) is 15.3 Å². The average molecular weight is 720 g/mol. The number of pyridine rings is 1. The van der Waals surface area contributed by atoms with Crippen molar-refractivity contribution in [3.63, 3.8) is 0 Å². The Hall–Kier alpha value is -4.46. The molecule has 3 aromatic heterocycles. The Morgan fingerprint density at radius 3 is 2.53 bits per heavy atom. The van der Waals surface area contributed by atoms with Gasteiger partial charge in [-0.2, -0.15) is 0 Å². The second kappa shape index (κ2) is 8.83. The van der Waals surface area contributed by atoms with Crippen LogP contribution in [0.3, 0.4) is 0 Å². The summed E-state index contributed by atoms with van der Waals surface area (Å²) >= 11 is -4.42. The molecule has 5 aromatic rings. The molecule has 4 aliphatic rings. The number of allylic oxidation sites excluding steroid dienone is 3. The number of para-hydroxylation sites is 1. The van der Waals surface area contributed by atoms with Crippen LogP contribution < -0.4 is 21.8 Å². The van der Waals surface area contributed by atoms with Crippen LogP contribution in [0.2, 0.25) is 0 Å². The molecule has 0 saturated carbocycles. The van der Waals surface area contributed by atoms with E-state index in [0.29, 0.717) is 29.7 Å². The summed E-state index contributed by atoms with van der Waals surface area (Å²) in [5.74, 6) is -0.910. The summed E-state index contributed by atoms with van der Waals surface area (Å²) in [6.07, 6.45) is 7.54. The van der Waals surface area contributed by atoms with Gasteiger partial charge in [0, 0.05) is 0 Å². The van der Waals surface area contributed by atoms with Crippen LogP contribution in [0, 0.1) is 3.57 Å². The molecule has 0 radical (unpaired) electrons.